The third-order valence-electron chi connectivity index (χ3n) is 2.48. The van der Waals surface area contributed by atoms with E-state index in [0.29, 0.717) is 17.3 Å². The molecule has 0 spiro atoms. The molecule has 1 aromatic carbocycles. The van der Waals surface area contributed by atoms with Crippen LogP contribution in [0.1, 0.15) is 10.5 Å². The number of nitrogens with zero attached hydrogens (tertiary/aromatic N) is 2. The van der Waals surface area contributed by atoms with Crippen LogP contribution < -0.4 is 15.4 Å². The molecule has 19 heavy (non-hydrogen) atoms. The van der Waals surface area contributed by atoms with Crippen molar-refractivity contribution in [2.75, 3.05) is 24.8 Å². The lowest BCUT2D eigenvalue weighted by atomic mass is 10.3. The summed E-state index contributed by atoms with van der Waals surface area (Å²) in [4.78, 5) is 11.9. The van der Waals surface area contributed by atoms with Gasteiger partial charge in [0.2, 0.25) is 0 Å². The lowest BCUT2D eigenvalue weighted by Gasteiger charge is -2.06. The molecule has 0 atom stereocenters. The first-order valence-corrected chi connectivity index (χ1v) is 5.70. The summed E-state index contributed by atoms with van der Waals surface area (Å²) >= 11 is 0. The van der Waals surface area contributed by atoms with Crippen LogP contribution in [0, 0.1) is 0 Å². The van der Waals surface area contributed by atoms with Gasteiger partial charge in [-0.05, 0) is 24.3 Å². The van der Waals surface area contributed by atoms with Gasteiger partial charge in [0.1, 0.15) is 11.6 Å². The van der Waals surface area contributed by atoms with Crippen molar-refractivity contribution in [3.63, 3.8) is 0 Å². The maximum Gasteiger partial charge on any atom is 0.276 e. The highest BCUT2D eigenvalue weighted by Crippen LogP contribution is 2.17. The van der Waals surface area contributed by atoms with Crippen LogP contribution in [0.3, 0.4) is 0 Å². The number of anilines is 2. The van der Waals surface area contributed by atoms with Gasteiger partial charge >= 0.3 is 0 Å². The Balaban J connectivity index is 2.11. The van der Waals surface area contributed by atoms with E-state index in [1.165, 1.54) is 0 Å². The quantitative estimate of drug-likeness (QED) is 0.874. The number of carbonyl (C=O) groups is 1. The Labute approximate surface area is 110 Å². The second kappa shape index (κ2) is 5.81. The third kappa shape index (κ3) is 3.19. The second-order valence-electron chi connectivity index (χ2n) is 3.74. The van der Waals surface area contributed by atoms with Crippen LogP contribution in [-0.4, -0.2) is 30.3 Å². The van der Waals surface area contributed by atoms with Crippen molar-refractivity contribution in [1.29, 1.82) is 0 Å². The Morgan fingerprint density at radius 1 is 1.21 bits per heavy atom. The molecule has 0 unspecified atom stereocenters. The lowest BCUT2D eigenvalue weighted by molar-refractivity contribution is 0.102. The molecular formula is C13H14N4O2. The summed E-state index contributed by atoms with van der Waals surface area (Å²) in [5.41, 5.74) is 0.894. The van der Waals surface area contributed by atoms with Crippen LogP contribution in [0.2, 0.25) is 0 Å². The standard InChI is InChI=1S/C13H14N4O2/c1-14-12-7-6-11(16-17-12)13(18)15-9-4-3-5-10(8-9)19-2/h3-8H,1-2H3,(H,14,17)(H,15,18). The number of nitrogens with one attached hydrogen (secondary N) is 2. The number of amides is 1. The summed E-state index contributed by atoms with van der Waals surface area (Å²) in [6.45, 7) is 0. The summed E-state index contributed by atoms with van der Waals surface area (Å²) in [6.07, 6.45) is 0. The molecule has 6 nitrogen and oxygen atoms in total. The van der Waals surface area contributed by atoms with E-state index in [1.807, 2.05) is 0 Å². The van der Waals surface area contributed by atoms with Gasteiger partial charge in [-0.1, -0.05) is 6.07 Å². The van der Waals surface area contributed by atoms with Gasteiger partial charge in [0.05, 0.1) is 7.11 Å². The minimum absolute atomic E-state index is 0.252. The molecule has 0 radical (unpaired) electrons. The summed E-state index contributed by atoms with van der Waals surface area (Å²) in [5, 5.41) is 13.2. The molecule has 1 heterocycles. The van der Waals surface area contributed by atoms with Crippen LogP contribution in [0.5, 0.6) is 5.75 Å². The van der Waals surface area contributed by atoms with Gasteiger partial charge in [-0.2, -0.15) is 0 Å². The van der Waals surface area contributed by atoms with Gasteiger partial charge in [-0.15, -0.1) is 10.2 Å². The highest BCUT2D eigenvalue weighted by molar-refractivity contribution is 6.02. The number of rotatable bonds is 4. The molecule has 98 valence electrons. The molecule has 0 aliphatic heterocycles. The zero-order valence-electron chi connectivity index (χ0n) is 10.7. The Morgan fingerprint density at radius 3 is 2.68 bits per heavy atom. The van der Waals surface area contributed by atoms with Crippen molar-refractivity contribution in [2.45, 2.75) is 0 Å². The number of methoxy groups -OCH3 is 1. The molecule has 0 fully saturated rings. The van der Waals surface area contributed by atoms with Gasteiger partial charge in [-0.3, -0.25) is 4.79 Å². The van der Waals surface area contributed by atoms with E-state index in [-0.39, 0.29) is 11.6 Å². The van der Waals surface area contributed by atoms with E-state index < -0.39 is 0 Å². The Kier molecular flexibility index (Phi) is 3.92. The van der Waals surface area contributed by atoms with E-state index in [4.69, 9.17) is 4.74 Å². The topological polar surface area (TPSA) is 76.1 Å². The first-order chi connectivity index (χ1) is 9.22. The van der Waals surface area contributed by atoms with Gasteiger partial charge in [0.25, 0.3) is 5.91 Å². The van der Waals surface area contributed by atoms with Crippen LogP contribution in [-0.2, 0) is 0 Å². The summed E-state index contributed by atoms with van der Waals surface area (Å²) < 4.78 is 5.08. The molecule has 1 amide bonds. The zero-order valence-corrected chi connectivity index (χ0v) is 10.7. The monoisotopic (exact) mass is 258 g/mol. The summed E-state index contributed by atoms with van der Waals surface area (Å²) in [5.74, 6) is 0.968. The highest BCUT2D eigenvalue weighted by Gasteiger charge is 2.08. The molecule has 0 saturated carbocycles. The normalized spacial score (nSPS) is 9.79. The Morgan fingerprint density at radius 2 is 2.05 bits per heavy atom. The maximum absolute atomic E-state index is 11.9. The van der Waals surface area contributed by atoms with Crippen molar-refractivity contribution in [1.82, 2.24) is 10.2 Å². The fourth-order valence-electron chi connectivity index (χ4n) is 1.48. The Bertz CT molecular complexity index is 569. The zero-order chi connectivity index (χ0) is 13.7. The number of carbonyl (C=O) groups excluding carboxylic acids is 1. The van der Waals surface area contributed by atoms with E-state index in [9.17, 15) is 4.79 Å². The first-order valence-electron chi connectivity index (χ1n) is 5.70. The fourth-order valence-corrected chi connectivity index (χ4v) is 1.48. The van der Waals surface area contributed by atoms with E-state index >= 15 is 0 Å². The van der Waals surface area contributed by atoms with Crippen LogP contribution in [0.4, 0.5) is 11.5 Å². The first kappa shape index (κ1) is 12.8. The van der Waals surface area contributed by atoms with Crippen molar-refractivity contribution in [2.24, 2.45) is 0 Å². The number of hydrogen-bond donors (Lipinski definition) is 2. The van der Waals surface area contributed by atoms with E-state index in [1.54, 1.807) is 50.6 Å². The van der Waals surface area contributed by atoms with Gasteiger partial charge in [0, 0.05) is 18.8 Å². The van der Waals surface area contributed by atoms with E-state index in [2.05, 4.69) is 20.8 Å². The molecule has 2 rings (SSSR count). The molecule has 0 aliphatic rings. The van der Waals surface area contributed by atoms with Gasteiger partial charge < -0.3 is 15.4 Å². The van der Waals surface area contributed by atoms with Gasteiger partial charge in [-0.25, -0.2) is 0 Å². The predicted molar refractivity (Wildman–Crippen MR) is 72.5 cm³/mol. The minimum Gasteiger partial charge on any atom is -0.497 e. The minimum atomic E-state index is -0.316. The molecular weight excluding hydrogens is 244 g/mol. The SMILES string of the molecule is CNc1ccc(C(=O)Nc2cccc(OC)c2)nn1. The Hall–Kier alpha value is -2.63. The largest absolute Gasteiger partial charge is 0.497 e. The van der Waals surface area contributed by atoms with Crippen LogP contribution in [0.25, 0.3) is 0 Å². The predicted octanol–water partition coefficient (Wildman–Crippen LogP) is 1.78. The lowest BCUT2D eigenvalue weighted by Crippen LogP contribution is -2.14. The van der Waals surface area contributed by atoms with Crippen LogP contribution >= 0.6 is 0 Å². The number of ether oxygens (including phenoxy) is 1. The summed E-state index contributed by atoms with van der Waals surface area (Å²) in [7, 11) is 3.31. The number of hydrogen-bond acceptors (Lipinski definition) is 5. The van der Waals surface area contributed by atoms with E-state index in [0.717, 1.165) is 0 Å². The smallest absolute Gasteiger partial charge is 0.276 e. The second-order valence-corrected chi connectivity index (χ2v) is 3.74. The van der Waals surface area contributed by atoms with Crippen molar-refractivity contribution in [3.8, 4) is 5.75 Å². The third-order valence-corrected chi connectivity index (χ3v) is 2.48. The summed E-state index contributed by atoms with van der Waals surface area (Å²) in [6, 6.07) is 10.4. The van der Waals surface area contributed by atoms with Crippen molar-refractivity contribution < 1.29 is 9.53 Å². The molecule has 0 bridgehead atoms. The molecule has 1 aromatic heterocycles. The fraction of sp³-hybridized carbons (Fsp3) is 0.154. The number of benzene rings is 1. The van der Waals surface area contributed by atoms with Crippen LogP contribution in [0.15, 0.2) is 36.4 Å². The average molecular weight is 258 g/mol. The molecule has 2 aromatic rings. The molecule has 2 N–H and O–H groups in total. The highest BCUT2D eigenvalue weighted by atomic mass is 16.5. The maximum atomic E-state index is 11.9. The van der Waals surface area contributed by atoms with Gasteiger partial charge in [0.15, 0.2) is 5.69 Å². The molecule has 0 aliphatic carbocycles. The molecule has 0 saturated heterocycles. The average Bonchev–Trinajstić information content (AvgIpc) is 2.47. The molecule has 6 heteroatoms. The van der Waals surface area contributed by atoms with Crippen molar-refractivity contribution >= 4 is 17.4 Å². The number of aromatic nitrogens is 2. The van der Waals surface area contributed by atoms with Crippen molar-refractivity contribution in [3.05, 3.63) is 42.1 Å².